The molecule has 3 aliphatic rings. The maximum Gasteiger partial charge on any atom is 0.253 e. The number of hydrogen-bond acceptors (Lipinski definition) is 12. The highest BCUT2D eigenvalue weighted by atomic mass is 19.1. The summed E-state index contributed by atoms with van der Waals surface area (Å²) >= 11 is 0. The Kier molecular flexibility index (Phi) is 9.84. The number of nitrogens with one attached hydrogen (secondary N) is 1. The van der Waals surface area contributed by atoms with Crippen molar-refractivity contribution in [3.63, 3.8) is 0 Å². The van der Waals surface area contributed by atoms with Crippen molar-refractivity contribution in [1.82, 2.24) is 24.8 Å². The number of halogens is 1. The van der Waals surface area contributed by atoms with Crippen LogP contribution >= 0.6 is 0 Å². The number of aliphatic hydroxyl groups is 1. The predicted molar refractivity (Wildman–Crippen MR) is 166 cm³/mol. The van der Waals surface area contributed by atoms with Crippen LogP contribution in [0.5, 0.6) is 5.75 Å². The van der Waals surface area contributed by atoms with E-state index in [4.69, 9.17) is 14.2 Å². The minimum atomic E-state index is -1.50. The molecule has 0 saturated carbocycles. The summed E-state index contributed by atoms with van der Waals surface area (Å²) in [6.07, 6.45) is -2.09. The average Bonchev–Trinajstić information content (AvgIpc) is 3.05. The number of anilines is 3. The molecule has 6 rings (SSSR count). The van der Waals surface area contributed by atoms with Gasteiger partial charge in [0, 0.05) is 63.2 Å². The van der Waals surface area contributed by atoms with Crippen LogP contribution in [0.25, 0.3) is 11.4 Å². The molecule has 1 amide bonds. The first-order chi connectivity index (χ1) is 22.4. The molecule has 0 spiro atoms. The number of likely N-dealkylation sites (tertiary alicyclic amines) is 1. The highest BCUT2D eigenvalue weighted by molar-refractivity contribution is 5.81. The fraction of sp³-hybridized carbons (Fsp3) is 0.469. The summed E-state index contributed by atoms with van der Waals surface area (Å²) in [6.45, 7) is 5.52. The highest BCUT2D eigenvalue weighted by Gasteiger charge is 2.35. The summed E-state index contributed by atoms with van der Waals surface area (Å²) in [5.74, 6) is 0.351. The first-order valence-electron chi connectivity index (χ1n) is 15.4. The normalized spacial score (nSPS) is 21.3. The van der Waals surface area contributed by atoms with Gasteiger partial charge in [-0.15, -0.1) is 0 Å². The van der Waals surface area contributed by atoms with E-state index in [1.807, 2.05) is 12.1 Å². The molecule has 4 heterocycles. The van der Waals surface area contributed by atoms with Crippen LogP contribution in [-0.4, -0.2) is 126 Å². The van der Waals surface area contributed by atoms with Gasteiger partial charge >= 0.3 is 0 Å². The van der Waals surface area contributed by atoms with Crippen molar-refractivity contribution >= 4 is 23.2 Å². The summed E-state index contributed by atoms with van der Waals surface area (Å²) < 4.78 is 31.1. The molecule has 0 bridgehead atoms. The molecule has 2 N–H and O–H groups in total. The molecule has 3 fully saturated rings. The number of nitriles is 1. The summed E-state index contributed by atoms with van der Waals surface area (Å²) in [6, 6.07) is 15.7. The number of methoxy groups -OCH3 is 1. The standard InChI is InChI=1S/C32H37FN8O5/c1-44-19-27(42)31(43)41-9-8-29(26(33)16-41)46-28-7-2-21(14-22(28)15-34)30-35-20-36-32(38-30)37-23-3-5-24(6-4-23)39-10-12-40(13-11-39)25-17-45-18-25/h2-7,14,20,25-27,29,42H,8-13,16-19H2,1H3,(H,35,36,37,38)/t26-,27?,29+/m1/s1. The van der Waals surface area contributed by atoms with Crippen LogP contribution in [0.15, 0.2) is 48.8 Å². The molecule has 3 aromatic rings. The number of piperazine rings is 1. The SMILES string of the molecule is COCC(O)C(=O)N1CC[C@H](Oc2ccc(-c3ncnc(Nc4ccc(N5CCN(C6COC6)CC5)cc4)n3)cc2C#N)[C@H](F)C1. The largest absolute Gasteiger partial charge is 0.486 e. The topological polar surface area (TPSA) is 149 Å². The molecule has 46 heavy (non-hydrogen) atoms. The first-order valence-corrected chi connectivity index (χ1v) is 15.4. The van der Waals surface area contributed by atoms with Crippen LogP contribution in [0.2, 0.25) is 0 Å². The molecular formula is C32H37FN8O5. The van der Waals surface area contributed by atoms with Gasteiger partial charge in [0.05, 0.1) is 38.0 Å². The third kappa shape index (κ3) is 7.18. The average molecular weight is 633 g/mol. The Bertz CT molecular complexity index is 1540. The van der Waals surface area contributed by atoms with Gasteiger partial charge in [0.25, 0.3) is 5.91 Å². The van der Waals surface area contributed by atoms with Gasteiger partial charge < -0.3 is 34.4 Å². The quantitative estimate of drug-likeness (QED) is 0.337. The second-order valence-corrected chi connectivity index (χ2v) is 11.6. The van der Waals surface area contributed by atoms with E-state index >= 15 is 4.39 Å². The fourth-order valence-corrected chi connectivity index (χ4v) is 5.84. The lowest BCUT2D eigenvalue weighted by molar-refractivity contribution is -0.146. The van der Waals surface area contributed by atoms with Gasteiger partial charge in [0.2, 0.25) is 5.95 Å². The van der Waals surface area contributed by atoms with Crippen molar-refractivity contribution in [2.75, 3.05) is 76.4 Å². The number of ether oxygens (including phenoxy) is 3. The van der Waals surface area contributed by atoms with E-state index in [-0.39, 0.29) is 37.4 Å². The molecule has 242 valence electrons. The second-order valence-electron chi connectivity index (χ2n) is 11.6. The molecule has 1 aromatic heterocycles. The van der Waals surface area contributed by atoms with E-state index in [1.54, 1.807) is 18.2 Å². The van der Waals surface area contributed by atoms with E-state index < -0.39 is 24.3 Å². The fourth-order valence-electron chi connectivity index (χ4n) is 5.84. The molecule has 0 radical (unpaired) electrons. The number of alkyl halides is 1. The number of carbonyl (C=O) groups excluding carboxylic acids is 1. The Morgan fingerprint density at radius 2 is 1.93 bits per heavy atom. The van der Waals surface area contributed by atoms with Crippen molar-refractivity contribution in [3.05, 3.63) is 54.4 Å². The summed E-state index contributed by atoms with van der Waals surface area (Å²) in [5.41, 5.74) is 2.76. The maximum atomic E-state index is 15.0. The van der Waals surface area contributed by atoms with Crippen molar-refractivity contribution in [3.8, 4) is 23.2 Å². The van der Waals surface area contributed by atoms with Crippen LogP contribution in [-0.2, 0) is 14.3 Å². The number of aliphatic hydroxyl groups excluding tert-OH is 1. The van der Waals surface area contributed by atoms with Gasteiger partial charge in [-0.1, -0.05) is 0 Å². The number of hydrogen-bond donors (Lipinski definition) is 2. The number of piperidine rings is 1. The Balaban J connectivity index is 1.06. The molecule has 3 aliphatic heterocycles. The molecule has 3 atom stereocenters. The van der Waals surface area contributed by atoms with Gasteiger partial charge in [-0.3, -0.25) is 9.69 Å². The lowest BCUT2D eigenvalue weighted by Gasteiger charge is -2.43. The van der Waals surface area contributed by atoms with Crippen molar-refractivity contribution in [1.29, 1.82) is 5.26 Å². The number of aromatic nitrogens is 3. The number of benzene rings is 2. The minimum Gasteiger partial charge on any atom is -0.486 e. The molecule has 3 saturated heterocycles. The Hall–Kier alpha value is -4.42. The van der Waals surface area contributed by atoms with E-state index in [2.05, 4.69) is 48.3 Å². The van der Waals surface area contributed by atoms with Crippen LogP contribution in [0, 0.1) is 11.3 Å². The number of nitrogens with zero attached hydrogens (tertiary/aromatic N) is 7. The zero-order valence-electron chi connectivity index (χ0n) is 25.6. The van der Waals surface area contributed by atoms with Crippen LogP contribution in [0.3, 0.4) is 0 Å². The molecule has 0 aliphatic carbocycles. The Morgan fingerprint density at radius 3 is 2.61 bits per heavy atom. The second kappa shape index (κ2) is 14.3. The molecule has 2 aromatic carbocycles. The zero-order chi connectivity index (χ0) is 32.0. The number of rotatable bonds is 10. The summed E-state index contributed by atoms with van der Waals surface area (Å²) in [4.78, 5) is 31.5. The van der Waals surface area contributed by atoms with E-state index in [9.17, 15) is 15.2 Å². The van der Waals surface area contributed by atoms with Gasteiger partial charge in [-0.2, -0.15) is 10.2 Å². The lowest BCUT2D eigenvalue weighted by atomic mass is 10.0. The number of amides is 1. The number of carbonyl (C=O) groups is 1. The minimum absolute atomic E-state index is 0.161. The predicted octanol–water partition coefficient (Wildman–Crippen LogP) is 2.00. The van der Waals surface area contributed by atoms with Gasteiger partial charge in [-0.25, -0.2) is 14.4 Å². The van der Waals surface area contributed by atoms with Crippen molar-refractivity contribution in [2.45, 2.75) is 30.8 Å². The summed E-state index contributed by atoms with van der Waals surface area (Å²) in [5, 5.41) is 22.9. The molecular weight excluding hydrogens is 595 g/mol. The van der Waals surface area contributed by atoms with Gasteiger partial charge in [0.1, 0.15) is 24.3 Å². The molecule has 1 unspecified atom stereocenters. The Labute approximate surface area is 266 Å². The summed E-state index contributed by atoms with van der Waals surface area (Å²) in [7, 11) is 1.37. The van der Waals surface area contributed by atoms with E-state index in [0.717, 1.165) is 50.8 Å². The molecule has 13 nitrogen and oxygen atoms in total. The first kappa shape index (κ1) is 31.6. The van der Waals surface area contributed by atoms with E-state index in [0.29, 0.717) is 23.4 Å². The van der Waals surface area contributed by atoms with Gasteiger partial charge in [0.15, 0.2) is 18.1 Å². The highest BCUT2D eigenvalue weighted by Crippen LogP contribution is 2.29. The van der Waals surface area contributed by atoms with Gasteiger partial charge in [-0.05, 0) is 42.5 Å². The van der Waals surface area contributed by atoms with Crippen molar-refractivity contribution in [2.24, 2.45) is 0 Å². The third-order valence-electron chi connectivity index (χ3n) is 8.55. The molecule has 14 heteroatoms. The smallest absolute Gasteiger partial charge is 0.253 e. The van der Waals surface area contributed by atoms with Crippen LogP contribution < -0.4 is 15.0 Å². The Morgan fingerprint density at radius 1 is 1.15 bits per heavy atom. The van der Waals surface area contributed by atoms with Crippen LogP contribution in [0.1, 0.15) is 12.0 Å². The maximum absolute atomic E-state index is 15.0. The lowest BCUT2D eigenvalue weighted by Crippen LogP contribution is -2.56. The van der Waals surface area contributed by atoms with Crippen molar-refractivity contribution < 1.29 is 28.5 Å². The monoisotopic (exact) mass is 632 g/mol. The zero-order valence-corrected chi connectivity index (χ0v) is 25.6. The third-order valence-corrected chi connectivity index (χ3v) is 8.55. The van der Waals surface area contributed by atoms with E-state index in [1.165, 1.54) is 18.3 Å². The van der Waals surface area contributed by atoms with Crippen LogP contribution in [0.4, 0.5) is 21.7 Å².